The summed E-state index contributed by atoms with van der Waals surface area (Å²) in [5, 5.41) is 17.7. The van der Waals surface area contributed by atoms with Crippen molar-refractivity contribution in [1.29, 1.82) is 0 Å². The second kappa shape index (κ2) is 16.8. The van der Waals surface area contributed by atoms with Gasteiger partial charge in [0, 0.05) is 23.7 Å². The molecular weight excluding hydrogens is 565 g/mol. The van der Waals surface area contributed by atoms with Crippen molar-refractivity contribution >= 4 is 36.1 Å². The van der Waals surface area contributed by atoms with Crippen LogP contribution in [0.2, 0.25) is 5.02 Å². The number of nitrogens with one attached hydrogen (secondary N) is 1. The zero-order valence-electron chi connectivity index (χ0n) is 23.7. The smallest absolute Gasteiger partial charge is 0.492 e. The first kappa shape index (κ1) is 33.9. The van der Waals surface area contributed by atoms with E-state index in [4.69, 9.17) is 36.3 Å². The number of rotatable bonds is 9. The maximum Gasteiger partial charge on any atom is 0.503 e. The normalized spacial score (nSPS) is 13.0. The first-order valence-corrected chi connectivity index (χ1v) is 13.9. The minimum atomic E-state index is -1.83. The molecule has 0 spiro atoms. The fraction of sp³-hybridized carbons (Fsp3) is 0.387. The number of nitrogens with zero attached hydrogens (tertiary/aromatic N) is 2. The third-order valence-electron chi connectivity index (χ3n) is 6.72. The third-order valence-corrected chi connectivity index (χ3v) is 7.03. The van der Waals surface area contributed by atoms with Gasteiger partial charge in [-0.2, -0.15) is 0 Å². The van der Waals surface area contributed by atoms with Crippen LogP contribution in [0.15, 0.2) is 54.6 Å². The molecule has 0 bridgehead atoms. The summed E-state index contributed by atoms with van der Waals surface area (Å²) < 4.78 is 6.03. The molecule has 1 fully saturated rings. The largest absolute Gasteiger partial charge is 0.503 e. The summed E-state index contributed by atoms with van der Waals surface area (Å²) in [6.45, 7) is 3.60. The molecular formula is C31H39Cl2N3O5. The molecule has 0 aliphatic heterocycles. The van der Waals surface area contributed by atoms with E-state index in [2.05, 4.69) is 29.3 Å². The Morgan fingerprint density at radius 3 is 2.37 bits per heavy atom. The first-order valence-electron chi connectivity index (χ1n) is 13.5. The van der Waals surface area contributed by atoms with Crippen molar-refractivity contribution in [2.45, 2.75) is 51.5 Å². The Bertz CT molecular complexity index is 1290. The lowest BCUT2D eigenvalue weighted by atomic mass is 9.94. The maximum absolute atomic E-state index is 13.1. The molecule has 10 heteroatoms. The molecule has 0 atom stereocenters. The molecule has 1 aliphatic carbocycles. The Morgan fingerprint density at radius 2 is 1.71 bits per heavy atom. The first-order chi connectivity index (χ1) is 19.2. The molecule has 0 radical (unpaired) electrons. The van der Waals surface area contributed by atoms with Gasteiger partial charge in [-0.3, -0.25) is 4.79 Å². The fourth-order valence-corrected chi connectivity index (χ4v) is 4.90. The number of aryl methyl sites for hydroxylation is 1. The van der Waals surface area contributed by atoms with Gasteiger partial charge in [-0.1, -0.05) is 61.2 Å². The fourth-order valence-electron chi connectivity index (χ4n) is 4.73. The van der Waals surface area contributed by atoms with Gasteiger partial charge in [0.25, 0.3) is 5.91 Å². The van der Waals surface area contributed by atoms with Crippen molar-refractivity contribution in [2.75, 3.05) is 27.2 Å². The van der Waals surface area contributed by atoms with Gasteiger partial charge in [0.15, 0.2) is 0 Å². The lowest BCUT2D eigenvalue weighted by Crippen LogP contribution is -2.36. The number of hydrogen-bond donors (Lipinski definition) is 3. The summed E-state index contributed by atoms with van der Waals surface area (Å²) in [5.41, 5.74) is 5.25. The molecule has 4 rings (SSSR count). The number of aromatic nitrogens is 1. The highest BCUT2D eigenvalue weighted by Gasteiger charge is 2.20. The molecule has 1 saturated carbocycles. The van der Waals surface area contributed by atoms with Gasteiger partial charge in [0.05, 0.1) is 17.3 Å². The molecule has 222 valence electrons. The molecule has 2 aromatic carbocycles. The molecule has 8 nitrogen and oxygen atoms in total. The summed E-state index contributed by atoms with van der Waals surface area (Å²) in [4.78, 5) is 28.7. The van der Waals surface area contributed by atoms with Crippen LogP contribution in [0.25, 0.3) is 22.4 Å². The van der Waals surface area contributed by atoms with Gasteiger partial charge in [-0.05, 0) is 75.7 Å². The maximum atomic E-state index is 13.1. The zero-order chi connectivity index (χ0) is 29.1. The Balaban J connectivity index is 0.00000110. The molecule has 0 unspecified atom stereocenters. The number of carboxylic acid groups (broad SMARTS) is 2. The Labute approximate surface area is 253 Å². The van der Waals surface area contributed by atoms with Gasteiger partial charge < -0.3 is 25.2 Å². The van der Waals surface area contributed by atoms with Crippen molar-refractivity contribution in [2.24, 2.45) is 0 Å². The Morgan fingerprint density at radius 1 is 1.02 bits per heavy atom. The Hall–Kier alpha value is -3.33. The number of hydrogen-bond acceptors (Lipinski definition) is 5. The number of pyridine rings is 1. The van der Waals surface area contributed by atoms with E-state index in [1.807, 2.05) is 56.6 Å². The van der Waals surface area contributed by atoms with E-state index in [0.29, 0.717) is 23.1 Å². The highest BCUT2D eigenvalue weighted by atomic mass is 35.5. The number of benzene rings is 2. The minimum Gasteiger partial charge on any atom is -0.492 e. The van der Waals surface area contributed by atoms with Crippen LogP contribution in [0.4, 0.5) is 4.79 Å². The summed E-state index contributed by atoms with van der Waals surface area (Å²) in [5.74, 6) is 0.510. The minimum absolute atomic E-state index is 0. The number of amides is 1. The van der Waals surface area contributed by atoms with Crippen molar-refractivity contribution in [1.82, 2.24) is 15.2 Å². The standard InChI is InChI=1S/C30H36ClN3O2.CH2O3.ClH/c1-21-10-7-8-13-24(21)25-15-17-27(30(35)32-23-11-5-4-6-12-23)33-29(25)22-14-16-26(31)28(20-22)36-19-9-18-34(2)3;2-1(3)4;/h7-8,10,13-17,20,23H,4-6,9,11-12,18-19H2,1-3H3,(H,32,35);(H2,2,3,4);1H. The molecule has 1 aliphatic rings. The molecule has 1 aromatic heterocycles. The van der Waals surface area contributed by atoms with Gasteiger partial charge in [-0.25, -0.2) is 9.78 Å². The summed E-state index contributed by atoms with van der Waals surface area (Å²) in [6, 6.07) is 18.0. The molecule has 3 aromatic rings. The van der Waals surface area contributed by atoms with Crippen LogP contribution < -0.4 is 10.1 Å². The lowest BCUT2D eigenvalue weighted by Gasteiger charge is -2.23. The molecule has 0 saturated heterocycles. The van der Waals surface area contributed by atoms with Crippen LogP contribution in [-0.4, -0.2) is 65.4 Å². The van der Waals surface area contributed by atoms with Crippen LogP contribution in [-0.2, 0) is 0 Å². The van der Waals surface area contributed by atoms with E-state index >= 15 is 0 Å². The average Bonchev–Trinajstić information content (AvgIpc) is 2.92. The van der Waals surface area contributed by atoms with Crippen LogP contribution in [0.1, 0.15) is 54.6 Å². The number of carbonyl (C=O) groups is 2. The monoisotopic (exact) mass is 603 g/mol. The van der Waals surface area contributed by atoms with E-state index < -0.39 is 6.16 Å². The van der Waals surface area contributed by atoms with Crippen LogP contribution in [0.3, 0.4) is 0 Å². The predicted molar refractivity (Wildman–Crippen MR) is 166 cm³/mol. The highest BCUT2D eigenvalue weighted by molar-refractivity contribution is 6.32. The van der Waals surface area contributed by atoms with E-state index in [1.165, 1.54) is 6.42 Å². The number of ether oxygens (including phenoxy) is 1. The lowest BCUT2D eigenvalue weighted by molar-refractivity contribution is 0.0922. The second-order valence-electron chi connectivity index (χ2n) is 10.1. The topological polar surface area (TPSA) is 112 Å². The molecule has 1 amide bonds. The average molecular weight is 605 g/mol. The van der Waals surface area contributed by atoms with Gasteiger partial charge in [-0.15, -0.1) is 12.4 Å². The molecule has 41 heavy (non-hydrogen) atoms. The molecule has 1 heterocycles. The zero-order valence-corrected chi connectivity index (χ0v) is 25.3. The van der Waals surface area contributed by atoms with Crippen molar-refractivity contribution < 1.29 is 24.5 Å². The van der Waals surface area contributed by atoms with E-state index in [-0.39, 0.29) is 24.4 Å². The van der Waals surface area contributed by atoms with Gasteiger partial charge >= 0.3 is 6.16 Å². The van der Waals surface area contributed by atoms with E-state index in [0.717, 1.165) is 66.6 Å². The summed E-state index contributed by atoms with van der Waals surface area (Å²) in [7, 11) is 4.09. The Kier molecular flexibility index (Phi) is 13.9. The third kappa shape index (κ3) is 10.5. The summed E-state index contributed by atoms with van der Waals surface area (Å²) in [6.07, 6.45) is 4.71. The van der Waals surface area contributed by atoms with E-state index in [1.54, 1.807) is 0 Å². The second-order valence-corrected chi connectivity index (χ2v) is 10.6. The molecule has 3 N–H and O–H groups in total. The predicted octanol–water partition coefficient (Wildman–Crippen LogP) is 7.41. The number of halogens is 2. The van der Waals surface area contributed by atoms with Crippen molar-refractivity contribution in [3.8, 4) is 28.1 Å². The van der Waals surface area contributed by atoms with Gasteiger partial charge in [0.1, 0.15) is 11.4 Å². The van der Waals surface area contributed by atoms with Crippen molar-refractivity contribution in [3.63, 3.8) is 0 Å². The quantitative estimate of drug-likeness (QED) is 0.218. The number of carbonyl (C=O) groups excluding carboxylic acids is 1. The summed E-state index contributed by atoms with van der Waals surface area (Å²) >= 11 is 6.48. The van der Waals surface area contributed by atoms with E-state index in [9.17, 15) is 4.79 Å². The van der Waals surface area contributed by atoms with Crippen molar-refractivity contribution in [3.05, 3.63) is 70.9 Å². The van der Waals surface area contributed by atoms with Gasteiger partial charge in [0.2, 0.25) is 0 Å². The van der Waals surface area contributed by atoms with Crippen LogP contribution in [0.5, 0.6) is 5.75 Å². The van der Waals surface area contributed by atoms with Crippen LogP contribution in [0, 0.1) is 6.92 Å². The van der Waals surface area contributed by atoms with Crippen LogP contribution >= 0.6 is 24.0 Å². The highest BCUT2D eigenvalue weighted by Crippen LogP contribution is 2.36. The SMILES string of the molecule is Cc1ccccc1-c1ccc(C(=O)NC2CCCCC2)nc1-c1ccc(Cl)c(OCCCN(C)C)c1.Cl.O=C(O)O.